The van der Waals surface area contributed by atoms with E-state index in [0.29, 0.717) is 17.0 Å². The van der Waals surface area contributed by atoms with Crippen molar-refractivity contribution in [3.05, 3.63) is 72.3 Å². The Balaban J connectivity index is 1.63. The highest BCUT2D eigenvalue weighted by Crippen LogP contribution is 2.28. The number of sulfone groups is 1. The van der Waals surface area contributed by atoms with Gasteiger partial charge >= 0.3 is 0 Å². The van der Waals surface area contributed by atoms with Crippen molar-refractivity contribution in [2.24, 2.45) is 0 Å². The zero-order chi connectivity index (χ0) is 20.6. The number of hydrogen-bond acceptors (Lipinski definition) is 6. The Morgan fingerprint density at radius 1 is 0.931 bits per heavy atom. The maximum atomic E-state index is 11.6. The van der Waals surface area contributed by atoms with E-state index in [2.05, 4.69) is 4.98 Å². The van der Waals surface area contributed by atoms with Gasteiger partial charge in [0.2, 0.25) is 5.89 Å². The molecule has 0 atom stereocenters. The van der Waals surface area contributed by atoms with Crippen molar-refractivity contribution in [2.45, 2.75) is 4.90 Å². The molecule has 1 amide bonds. The second kappa shape index (κ2) is 7.16. The SMILES string of the molecule is CS(=O)(=O)c1ccc(-c2ccc(-c3nc4cc(C(=O)NO)ccc4o3)cc2)cc1. The van der Waals surface area contributed by atoms with E-state index in [-0.39, 0.29) is 10.5 Å². The molecule has 0 saturated heterocycles. The third-order valence-electron chi connectivity index (χ3n) is 4.50. The van der Waals surface area contributed by atoms with Crippen LogP contribution in [0, 0.1) is 0 Å². The zero-order valence-corrected chi connectivity index (χ0v) is 16.1. The Morgan fingerprint density at radius 3 is 2.10 bits per heavy atom. The number of carbonyl (C=O) groups is 1. The number of benzene rings is 3. The Hall–Kier alpha value is -3.49. The Bertz CT molecular complexity index is 1310. The number of aromatic nitrogens is 1. The van der Waals surface area contributed by atoms with Gasteiger partial charge in [-0.1, -0.05) is 24.3 Å². The van der Waals surface area contributed by atoms with Gasteiger partial charge in [-0.05, 0) is 53.6 Å². The topological polar surface area (TPSA) is 110 Å². The summed E-state index contributed by atoms with van der Waals surface area (Å²) in [6.07, 6.45) is 1.18. The predicted octanol–water partition coefficient (Wildman–Crippen LogP) is 3.68. The molecule has 1 heterocycles. The van der Waals surface area contributed by atoms with E-state index >= 15 is 0 Å². The number of fused-ring (bicyclic) bond motifs is 1. The fourth-order valence-corrected chi connectivity index (χ4v) is 3.59. The molecule has 2 N–H and O–H groups in total. The molecule has 3 aromatic carbocycles. The van der Waals surface area contributed by atoms with E-state index in [1.807, 2.05) is 24.3 Å². The summed E-state index contributed by atoms with van der Waals surface area (Å²) in [5.74, 6) is -0.219. The number of oxazole rings is 1. The molecular weight excluding hydrogens is 392 g/mol. The van der Waals surface area contributed by atoms with Gasteiger partial charge < -0.3 is 4.42 Å². The van der Waals surface area contributed by atoms with Gasteiger partial charge in [0.05, 0.1) is 4.90 Å². The number of hydroxylamine groups is 1. The third-order valence-corrected chi connectivity index (χ3v) is 5.63. The molecule has 0 aliphatic carbocycles. The normalized spacial score (nSPS) is 11.5. The first-order chi connectivity index (χ1) is 13.8. The van der Waals surface area contributed by atoms with Crippen LogP contribution in [0.5, 0.6) is 0 Å². The van der Waals surface area contributed by atoms with Crippen LogP contribution in [0.25, 0.3) is 33.7 Å². The van der Waals surface area contributed by atoms with Gasteiger partial charge in [-0.3, -0.25) is 10.0 Å². The van der Waals surface area contributed by atoms with Gasteiger partial charge in [0.25, 0.3) is 5.91 Å². The highest BCUT2D eigenvalue weighted by atomic mass is 32.2. The average molecular weight is 408 g/mol. The number of amides is 1. The lowest BCUT2D eigenvalue weighted by Gasteiger charge is -2.04. The number of nitrogens with one attached hydrogen (secondary N) is 1. The smallest absolute Gasteiger partial charge is 0.274 e. The Kier molecular flexibility index (Phi) is 4.65. The van der Waals surface area contributed by atoms with Gasteiger partial charge in [0.1, 0.15) is 5.52 Å². The quantitative estimate of drug-likeness (QED) is 0.394. The third kappa shape index (κ3) is 3.75. The van der Waals surface area contributed by atoms with Gasteiger partial charge in [-0.25, -0.2) is 18.9 Å². The molecule has 0 radical (unpaired) electrons. The molecule has 1 aromatic heterocycles. The number of rotatable bonds is 4. The highest BCUT2D eigenvalue weighted by molar-refractivity contribution is 7.90. The molecule has 0 aliphatic rings. The van der Waals surface area contributed by atoms with Crippen LogP contribution in [0.4, 0.5) is 0 Å². The van der Waals surface area contributed by atoms with Crippen molar-refractivity contribution >= 4 is 26.8 Å². The standard InChI is InChI=1S/C21H16N2O5S/c1-29(26,27)17-9-6-14(7-10-17)13-2-4-15(5-3-13)21-22-18-12-16(20(24)23-25)8-11-19(18)28-21/h2-12,25H,1H3,(H,23,24). The van der Waals surface area contributed by atoms with Crippen LogP contribution in [0.2, 0.25) is 0 Å². The molecular formula is C21H16N2O5S. The van der Waals surface area contributed by atoms with Crippen molar-refractivity contribution in [1.29, 1.82) is 0 Å². The van der Waals surface area contributed by atoms with Crippen molar-refractivity contribution in [3.8, 4) is 22.6 Å². The first-order valence-electron chi connectivity index (χ1n) is 8.61. The van der Waals surface area contributed by atoms with E-state index in [1.165, 1.54) is 18.4 Å². The van der Waals surface area contributed by atoms with E-state index in [1.54, 1.807) is 35.8 Å². The van der Waals surface area contributed by atoms with Crippen LogP contribution in [0.15, 0.2) is 76.0 Å². The van der Waals surface area contributed by atoms with Crippen molar-refractivity contribution in [3.63, 3.8) is 0 Å². The fraction of sp³-hybridized carbons (Fsp3) is 0.0476. The van der Waals surface area contributed by atoms with Crippen molar-refractivity contribution in [1.82, 2.24) is 10.5 Å². The summed E-state index contributed by atoms with van der Waals surface area (Å²) >= 11 is 0. The summed E-state index contributed by atoms with van der Waals surface area (Å²) < 4.78 is 28.9. The minimum Gasteiger partial charge on any atom is -0.436 e. The van der Waals surface area contributed by atoms with Crippen LogP contribution in [0.3, 0.4) is 0 Å². The minimum atomic E-state index is -3.23. The zero-order valence-electron chi connectivity index (χ0n) is 15.3. The average Bonchev–Trinajstić information content (AvgIpc) is 3.16. The van der Waals surface area contributed by atoms with Gasteiger partial charge in [-0.2, -0.15) is 0 Å². The first kappa shape index (κ1) is 18.9. The summed E-state index contributed by atoms with van der Waals surface area (Å²) in [7, 11) is -3.23. The molecule has 7 nitrogen and oxygen atoms in total. The maximum Gasteiger partial charge on any atom is 0.274 e. The van der Waals surface area contributed by atoms with Crippen LogP contribution < -0.4 is 5.48 Å². The lowest BCUT2D eigenvalue weighted by atomic mass is 10.0. The number of hydrogen-bond donors (Lipinski definition) is 2. The molecule has 0 aliphatic heterocycles. The minimum absolute atomic E-state index is 0.271. The van der Waals surface area contributed by atoms with Gasteiger partial charge in [-0.15, -0.1) is 0 Å². The first-order valence-corrected chi connectivity index (χ1v) is 10.5. The fourth-order valence-electron chi connectivity index (χ4n) is 2.96. The van der Waals surface area contributed by atoms with Gasteiger partial charge in [0.15, 0.2) is 15.4 Å². The maximum absolute atomic E-state index is 11.6. The second-order valence-corrected chi connectivity index (χ2v) is 8.53. The molecule has 4 rings (SSSR count). The van der Waals surface area contributed by atoms with E-state index < -0.39 is 15.7 Å². The summed E-state index contributed by atoms with van der Waals surface area (Å²) in [5.41, 5.74) is 5.45. The summed E-state index contributed by atoms with van der Waals surface area (Å²) in [4.78, 5) is 16.2. The van der Waals surface area contributed by atoms with Crippen molar-refractivity contribution in [2.75, 3.05) is 6.26 Å². The molecule has 29 heavy (non-hydrogen) atoms. The molecule has 4 aromatic rings. The van der Waals surface area contributed by atoms with Crippen LogP contribution in [0.1, 0.15) is 10.4 Å². The Morgan fingerprint density at radius 2 is 1.52 bits per heavy atom. The molecule has 0 spiro atoms. The summed E-state index contributed by atoms with van der Waals surface area (Å²) in [6, 6.07) is 18.9. The predicted molar refractivity (Wildman–Crippen MR) is 107 cm³/mol. The molecule has 146 valence electrons. The van der Waals surface area contributed by atoms with E-state index in [0.717, 1.165) is 16.7 Å². The molecule has 0 saturated carbocycles. The number of carbonyl (C=O) groups excluding carboxylic acids is 1. The Labute approximate surface area is 166 Å². The number of nitrogens with zero attached hydrogens (tertiary/aromatic N) is 1. The molecule has 0 unspecified atom stereocenters. The molecule has 8 heteroatoms. The van der Waals surface area contributed by atoms with Gasteiger partial charge in [0, 0.05) is 17.4 Å². The van der Waals surface area contributed by atoms with E-state index in [9.17, 15) is 13.2 Å². The molecule has 0 bridgehead atoms. The van der Waals surface area contributed by atoms with Crippen LogP contribution in [-0.4, -0.2) is 30.8 Å². The van der Waals surface area contributed by atoms with Crippen LogP contribution >= 0.6 is 0 Å². The second-order valence-electron chi connectivity index (χ2n) is 6.52. The monoisotopic (exact) mass is 408 g/mol. The lowest BCUT2D eigenvalue weighted by molar-refractivity contribution is 0.0706. The highest BCUT2D eigenvalue weighted by Gasteiger charge is 2.12. The van der Waals surface area contributed by atoms with Crippen molar-refractivity contribution < 1.29 is 22.8 Å². The molecule has 0 fully saturated rings. The largest absolute Gasteiger partial charge is 0.436 e. The van der Waals surface area contributed by atoms with Crippen LogP contribution in [-0.2, 0) is 9.84 Å². The van der Waals surface area contributed by atoms with E-state index in [4.69, 9.17) is 9.62 Å². The summed E-state index contributed by atoms with van der Waals surface area (Å²) in [6.45, 7) is 0. The summed E-state index contributed by atoms with van der Waals surface area (Å²) in [5, 5.41) is 8.75. The lowest BCUT2D eigenvalue weighted by Crippen LogP contribution is -2.18.